The van der Waals surface area contributed by atoms with Gasteiger partial charge in [-0.15, -0.1) is 0 Å². The zero-order valence-electron chi connectivity index (χ0n) is 12.8. The molecular weight excluding hydrogens is 396 g/mol. The largest absolute Gasteiger partial charge is 0.490 e. The quantitative estimate of drug-likeness (QED) is 0.485. The summed E-state index contributed by atoms with van der Waals surface area (Å²) in [6.45, 7) is 5.29. The van der Waals surface area contributed by atoms with Gasteiger partial charge in [0.2, 0.25) is 0 Å². The number of hydrogen-bond acceptors (Lipinski definition) is 2. The maximum atomic E-state index is 5.74. The van der Waals surface area contributed by atoms with Crippen LogP contribution in [0, 0.1) is 5.92 Å². The van der Waals surface area contributed by atoms with E-state index < -0.39 is 0 Å². The molecule has 2 nitrogen and oxygen atoms in total. The normalized spacial score (nSPS) is 17.0. The maximum absolute atomic E-state index is 5.74. The molecule has 0 radical (unpaired) electrons. The second kappa shape index (κ2) is 8.42. The average Bonchev–Trinajstić information content (AvgIpc) is 2.95. The summed E-state index contributed by atoms with van der Waals surface area (Å²) in [5.74, 6) is 2.51. The fourth-order valence-electron chi connectivity index (χ4n) is 2.99. The van der Waals surface area contributed by atoms with Crippen molar-refractivity contribution in [1.29, 1.82) is 0 Å². The highest BCUT2D eigenvalue weighted by Crippen LogP contribution is 2.43. The molecule has 0 heterocycles. The molecule has 0 N–H and O–H groups in total. The van der Waals surface area contributed by atoms with Gasteiger partial charge in [0.25, 0.3) is 0 Å². The number of rotatable bonds is 7. The lowest BCUT2D eigenvalue weighted by atomic mass is 9.98. The van der Waals surface area contributed by atoms with Crippen molar-refractivity contribution in [2.45, 2.75) is 50.8 Å². The van der Waals surface area contributed by atoms with Crippen LogP contribution in [0.5, 0.6) is 11.5 Å². The molecule has 0 bridgehead atoms. The molecule has 1 aliphatic carbocycles. The predicted molar refractivity (Wildman–Crippen MR) is 94.7 cm³/mol. The average molecular weight is 420 g/mol. The standard InChI is InChI=1S/C17H24Br2O2/c1-3-20-16-10-13(15(19)11-17(16)21-4-2)14(18)9-12-7-5-6-8-12/h10-12,14H,3-9H2,1-2H3. The number of benzene rings is 1. The van der Waals surface area contributed by atoms with Gasteiger partial charge in [0.05, 0.1) is 13.2 Å². The van der Waals surface area contributed by atoms with Gasteiger partial charge in [-0.3, -0.25) is 0 Å². The van der Waals surface area contributed by atoms with Crippen molar-refractivity contribution in [1.82, 2.24) is 0 Å². The van der Waals surface area contributed by atoms with Gasteiger partial charge in [0.15, 0.2) is 11.5 Å². The lowest BCUT2D eigenvalue weighted by Crippen LogP contribution is -2.03. The van der Waals surface area contributed by atoms with Crippen molar-refractivity contribution in [3.05, 3.63) is 22.2 Å². The Bertz CT molecular complexity index is 456. The van der Waals surface area contributed by atoms with Crippen LogP contribution >= 0.6 is 31.9 Å². The molecule has 118 valence electrons. The molecule has 1 fully saturated rings. The fourth-order valence-corrected chi connectivity index (χ4v) is 4.81. The molecular formula is C17H24Br2O2. The Morgan fingerprint density at radius 2 is 1.67 bits per heavy atom. The van der Waals surface area contributed by atoms with Gasteiger partial charge < -0.3 is 9.47 Å². The molecule has 0 aromatic heterocycles. The second-order valence-corrected chi connectivity index (χ2v) is 7.50. The first-order valence-corrected chi connectivity index (χ1v) is 9.59. The van der Waals surface area contributed by atoms with E-state index in [1.807, 2.05) is 19.9 Å². The highest BCUT2D eigenvalue weighted by atomic mass is 79.9. The van der Waals surface area contributed by atoms with Gasteiger partial charge in [-0.1, -0.05) is 57.5 Å². The third-order valence-electron chi connectivity index (χ3n) is 4.02. The van der Waals surface area contributed by atoms with Crippen molar-refractivity contribution < 1.29 is 9.47 Å². The SMILES string of the molecule is CCOc1cc(Br)c(C(Br)CC2CCCC2)cc1OCC. The molecule has 1 atom stereocenters. The van der Waals surface area contributed by atoms with Crippen LogP contribution in [-0.4, -0.2) is 13.2 Å². The first kappa shape index (κ1) is 17.1. The smallest absolute Gasteiger partial charge is 0.162 e. The molecule has 1 aromatic carbocycles. The zero-order valence-corrected chi connectivity index (χ0v) is 16.0. The Labute approximate surface area is 144 Å². The Morgan fingerprint density at radius 1 is 1.10 bits per heavy atom. The van der Waals surface area contributed by atoms with Crippen molar-refractivity contribution in [2.75, 3.05) is 13.2 Å². The third-order valence-corrected chi connectivity index (χ3v) is 5.57. The minimum atomic E-state index is 0.366. The Hall–Kier alpha value is -0.220. The molecule has 21 heavy (non-hydrogen) atoms. The van der Waals surface area contributed by atoms with E-state index in [1.54, 1.807) is 0 Å². The van der Waals surface area contributed by atoms with Gasteiger partial charge in [-0.2, -0.15) is 0 Å². The molecule has 2 rings (SSSR count). The summed E-state index contributed by atoms with van der Waals surface area (Å²) in [6, 6.07) is 4.15. The van der Waals surface area contributed by atoms with Crippen LogP contribution < -0.4 is 9.47 Å². The molecule has 1 aromatic rings. The van der Waals surface area contributed by atoms with Crippen LogP contribution in [0.15, 0.2) is 16.6 Å². The summed E-state index contributed by atoms with van der Waals surface area (Å²) in [6.07, 6.45) is 6.71. The number of halogens is 2. The van der Waals surface area contributed by atoms with Crippen LogP contribution in [-0.2, 0) is 0 Å². The maximum Gasteiger partial charge on any atom is 0.162 e. The van der Waals surface area contributed by atoms with E-state index in [-0.39, 0.29) is 0 Å². The van der Waals surface area contributed by atoms with Crippen molar-refractivity contribution >= 4 is 31.9 Å². The third kappa shape index (κ3) is 4.62. The van der Waals surface area contributed by atoms with E-state index in [1.165, 1.54) is 37.7 Å². The Kier molecular flexibility index (Phi) is 6.87. The number of ether oxygens (including phenoxy) is 2. The van der Waals surface area contributed by atoms with Crippen LogP contribution in [0.3, 0.4) is 0 Å². The summed E-state index contributed by atoms with van der Waals surface area (Å²) < 4.78 is 12.5. The molecule has 1 unspecified atom stereocenters. The summed E-state index contributed by atoms with van der Waals surface area (Å²) in [5, 5.41) is 0. The highest BCUT2D eigenvalue weighted by Gasteiger charge is 2.22. The van der Waals surface area contributed by atoms with E-state index in [2.05, 4.69) is 37.9 Å². The minimum absolute atomic E-state index is 0.366. The highest BCUT2D eigenvalue weighted by molar-refractivity contribution is 9.11. The zero-order chi connectivity index (χ0) is 15.2. The van der Waals surface area contributed by atoms with E-state index in [0.717, 1.165) is 21.9 Å². The molecule has 0 aliphatic heterocycles. The van der Waals surface area contributed by atoms with Gasteiger partial charge in [0.1, 0.15) is 0 Å². The van der Waals surface area contributed by atoms with E-state index in [0.29, 0.717) is 18.0 Å². The summed E-state index contributed by atoms with van der Waals surface area (Å²) in [5.41, 5.74) is 1.26. The predicted octanol–water partition coefficient (Wildman–Crippen LogP) is 6.26. The van der Waals surface area contributed by atoms with Crippen molar-refractivity contribution in [3.63, 3.8) is 0 Å². The van der Waals surface area contributed by atoms with Crippen LogP contribution in [0.25, 0.3) is 0 Å². The van der Waals surface area contributed by atoms with Crippen LogP contribution in [0.4, 0.5) is 0 Å². The van der Waals surface area contributed by atoms with Crippen molar-refractivity contribution in [3.8, 4) is 11.5 Å². The Morgan fingerprint density at radius 3 is 2.24 bits per heavy atom. The topological polar surface area (TPSA) is 18.5 Å². The van der Waals surface area contributed by atoms with Crippen molar-refractivity contribution in [2.24, 2.45) is 5.92 Å². The van der Waals surface area contributed by atoms with Gasteiger partial charge >= 0.3 is 0 Å². The van der Waals surface area contributed by atoms with Gasteiger partial charge in [0, 0.05) is 9.30 Å². The lowest BCUT2D eigenvalue weighted by Gasteiger charge is -2.19. The first-order valence-electron chi connectivity index (χ1n) is 7.88. The van der Waals surface area contributed by atoms with Gasteiger partial charge in [-0.05, 0) is 43.9 Å². The fraction of sp³-hybridized carbons (Fsp3) is 0.647. The minimum Gasteiger partial charge on any atom is -0.490 e. The lowest BCUT2D eigenvalue weighted by molar-refractivity contribution is 0.287. The Balaban J connectivity index is 2.18. The molecule has 0 amide bonds. The van der Waals surface area contributed by atoms with E-state index >= 15 is 0 Å². The number of alkyl halides is 1. The molecule has 0 spiro atoms. The van der Waals surface area contributed by atoms with E-state index in [9.17, 15) is 0 Å². The second-order valence-electron chi connectivity index (χ2n) is 5.54. The van der Waals surface area contributed by atoms with Crippen LogP contribution in [0.2, 0.25) is 0 Å². The summed E-state index contributed by atoms with van der Waals surface area (Å²) in [4.78, 5) is 0.366. The first-order chi connectivity index (χ1) is 10.2. The summed E-state index contributed by atoms with van der Waals surface area (Å²) >= 11 is 7.56. The monoisotopic (exact) mass is 418 g/mol. The summed E-state index contributed by atoms with van der Waals surface area (Å²) in [7, 11) is 0. The van der Waals surface area contributed by atoms with Gasteiger partial charge in [-0.25, -0.2) is 0 Å². The molecule has 1 saturated carbocycles. The molecule has 1 aliphatic rings. The van der Waals surface area contributed by atoms with E-state index in [4.69, 9.17) is 9.47 Å². The number of hydrogen-bond donors (Lipinski definition) is 0. The van der Waals surface area contributed by atoms with Crippen LogP contribution in [0.1, 0.15) is 56.3 Å². The molecule has 4 heteroatoms. The molecule has 0 saturated heterocycles.